The molecule has 8 nitrogen and oxygen atoms in total. The Hall–Kier alpha value is -2.72. The number of amides is 1. The molecule has 1 amide bonds. The van der Waals surface area contributed by atoms with Gasteiger partial charge < -0.3 is 9.84 Å². The van der Waals surface area contributed by atoms with E-state index in [1.54, 1.807) is 23.1 Å². The summed E-state index contributed by atoms with van der Waals surface area (Å²) >= 11 is 7.71. The first-order valence-corrected chi connectivity index (χ1v) is 14.5. The lowest BCUT2D eigenvalue weighted by molar-refractivity contribution is -0.138. The molecule has 3 aromatic rings. The number of hydrogen-bond acceptors (Lipinski definition) is 7. The molecule has 1 aromatic heterocycles. The highest BCUT2D eigenvalue weighted by molar-refractivity contribution is 7.18. The average molecular weight is 608 g/mol. The SMILES string of the molecule is CCCCN(C(=O)c1ccccc1Cl)c1nnc(-c2cc(C)c(OCC3CCN(CC(=O)O)CC3)c(C)c2)s1.Cl. The molecule has 2 aromatic carbocycles. The van der Waals surface area contributed by atoms with E-state index in [9.17, 15) is 9.59 Å². The number of unbranched alkanes of at least 4 members (excludes halogenated alkanes) is 1. The standard InChI is InChI=1S/C29H35ClN4O4S.ClH/c1-4-5-12-34(28(37)23-8-6-7-9-24(23)30)29-32-31-27(39-29)22-15-19(2)26(20(3)16-22)38-18-21-10-13-33(14-11-21)17-25(35)36;/h6-9,15-16,21H,4-5,10-14,17-18H2,1-3H3,(H,35,36);1H. The molecule has 1 fully saturated rings. The van der Waals surface area contributed by atoms with Gasteiger partial charge in [0.15, 0.2) is 0 Å². The zero-order valence-corrected chi connectivity index (χ0v) is 25.4. The Morgan fingerprint density at radius 3 is 2.45 bits per heavy atom. The van der Waals surface area contributed by atoms with Crippen molar-refractivity contribution in [2.45, 2.75) is 46.5 Å². The van der Waals surface area contributed by atoms with E-state index in [2.05, 4.69) is 17.1 Å². The maximum absolute atomic E-state index is 13.4. The van der Waals surface area contributed by atoms with Crippen molar-refractivity contribution < 1.29 is 19.4 Å². The summed E-state index contributed by atoms with van der Waals surface area (Å²) in [4.78, 5) is 28.0. The number of halogens is 2. The van der Waals surface area contributed by atoms with Gasteiger partial charge >= 0.3 is 5.97 Å². The molecule has 0 saturated carbocycles. The van der Waals surface area contributed by atoms with Crippen LogP contribution in [0.4, 0.5) is 5.13 Å². The van der Waals surface area contributed by atoms with Crippen LogP contribution < -0.4 is 9.64 Å². The van der Waals surface area contributed by atoms with Crippen LogP contribution in [0.15, 0.2) is 36.4 Å². The lowest BCUT2D eigenvalue weighted by Crippen LogP contribution is -2.38. The summed E-state index contributed by atoms with van der Waals surface area (Å²) in [5.74, 6) is 0.319. The number of piperidine rings is 1. The summed E-state index contributed by atoms with van der Waals surface area (Å²) in [5.41, 5.74) is 3.41. The van der Waals surface area contributed by atoms with E-state index in [0.717, 1.165) is 66.2 Å². The number of ether oxygens (including phenoxy) is 1. The minimum atomic E-state index is -0.778. The van der Waals surface area contributed by atoms with Gasteiger partial charge in [0.1, 0.15) is 10.8 Å². The molecule has 1 saturated heterocycles. The lowest BCUT2D eigenvalue weighted by atomic mass is 9.97. The van der Waals surface area contributed by atoms with Crippen molar-refractivity contribution in [3.8, 4) is 16.3 Å². The predicted molar refractivity (Wildman–Crippen MR) is 162 cm³/mol. The third-order valence-corrected chi connectivity index (χ3v) is 8.29. The van der Waals surface area contributed by atoms with Crippen LogP contribution in [0, 0.1) is 19.8 Å². The Labute approximate surface area is 250 Å². The first-order valence-electron chi connectivity index (χ1n) is 13.3. The molecule has 40 heavy (non-hydrogen) atoms. The van der Waals surface area contributed by atoms with E-state index in [1.807, 2.05) is 36.9 Å². The molecule has 0 radical (unpaired) electrons. The number of carbonyl (C=O) groups excluding carboxylic acids is 1. The van der Waals surface area contributed by atoms with Crippen molar-refractivity contribution >= 4 is 52.4 Å². The molecule has 1 N–H and O–H groups in total. The first-order chi connectivity index (χ1) is 18.8. The monoisotopic (exact) mass is 606 g/mol. The molecule has 2 heterocycles. The van der Waals surface area contributed by atoms with Gasteiger partial charge in [-0.1, -0.05) is 48.4 Å². The fourth-order valence-corrected chi connectivity index (χ4v) is 5.90. The molecule has 1 aliphatic heterocycles. The second-order valence-electron chi connectivity index (χ2n) is 10.0. The summed E-state index contributed by atoms with van der Waals surface area (Å²) in [6, 6.07) is 11.2. The van der Waals surface area contributed by atoms with Gasteiger partial charge in [-0.25, -0.2) is 0 Å². The topological polar surface area (TPSA) is 95.9 Å². The van der Waals surface area contributed by atoms with Crippen LogP contribution in [0.25, 0.3) is 10.6 Å². The van der Waals surface area contributed by atoms with Crippen LogP contribution in [-0.2, 0) is 4.79 Å². The Morgan fingerprint density at radius 1 is 1.15 bits per heavy atom. The van der Waals surface area contributed by atoms with Crippen LogP contribution in [0.5, 0.6) is 5.75 Å². The van der Waals surface area contributed by atoms with Gasteiger partial charge in [-0.2, -0.15) is 0 Å². The number of carbonyl (C=O) groups is 2. The minimum Gasteiger partial charge on any atom is -0.493 e. The van der Waals surface area contributed by atoms with E-state index in [0.29, 0.717) is 34.8 Å². The van der Waals surface area contributed by atoms with Crippen LogP contribution in [0.3, 0.4) is 0 Å². The van der Waals surface area contributed by atoms with Crippen LogP contribution in [0.1, 0.15) is 54.1 Å². The molecule has 0 aliphatic carbocycles. The average Bonchev–Trinajstić information content (AvgIpc) is 3.39. The molecule has 216 valence electrons. The fraction of sp³-hybridized carbons (Fsp3) is 0.448. The third-order valence-electron chi connectivity index (χ3n) is 6.97. The second-order valence-corrected chi connectivity index (χ2v) is 11.4. The second kappa shape index (κ2) is 14.8. The normalized spacial score (nSPS) is 14.0. The molecule has 0 spiro atoms. The number of hydrogen-bond donors (Lipinski definition) is 1. The lowest BCUT2D eigenvalue weighted by Gasteiger charge is -2.30. The zero-order valence-electron chi connectivity index (χ0n) is 23.1. The van der Waals surface area contributed by atoms with E-state index in [1.165, 1.54) is 11.3 Å². The number of carboxylic acid groups (broad SMARTS) is 1. The summed E-state index contributed by atoms with van der Waals surface area (Å²) in [6.45, 7) is 8.95. The van der Waals surface area contributed by atoms with Crippen molar-refractivity contribution in [1.82, 2.24) is 15.1 Å². The smallest absolute Gasteiger partial charge is 0.317 e. The molecule has 0 atom stereocenters. The van der Waals surface area contributed by atoms with E-state index in [4.69, 9.17) is 21.4 Å². The molecular formula is C29H36Cl2N4O4S. The van der Waals surface area contributed by atoms with Gasteiger partial charge in [-0.05, 0) is 87.5 Å². The maximum atomic E-state index is 13.4. The van der Waals surface area contributed by atoms with E-state index in [-0.39, 0.29) is 24.9 Å². The Morgan fingerprint density at radius 2 is 1.82 bits per heavy atom. The number of carboxylic acids is 1. The van der Waals surface area contributed by atoms with E-state index >= 15 is 0 Å². The quantitative estimate of drug-likeness (QED) is 0.265. The van der Waals surface area contributed by atoms with Gasteiger partial charge in [-0.15, -0.1) is 22.6 Å². The van der Waals surface area contributed by atoms with Gasteiger partial charge in [0.25, 0.3) is 5.91 Å². The maximum Gasteiger partial charge on any atom is 0.317 e. The highest BCUT2D eigenvalue weighted by atomic mass is 35.5. The molecule has 4 rings (SSSR count). The van der Waals surface area contributed by atoms with Gasteiger partial charge in [0.2, 0.25) is 5.13 Å². The Balaban J connectivity index is 0.00000441. The highest BCUT2D eigenvalue weighted by Gasteiger charge is 2.24. The number of rotatable bonds is 11. The number of likely N-dealkylation sites (tertiary alicyclic amines) is 1. The Kier molecular flexibility index (Phi) is 11.7. The summed E-state index contributed by atoms with van der Waals surface area (Å²) in [5, 5.41) is 19.5. The predicted octanol–water partition coefficient (Wildman–Crippen LogP) is 6.52. The number of aromatic nitrogens is 2. The summed E-state index contributed by atoms with van der Waals surface area (Å²) in [7, 11) is 0. The molecule has 1 aliphatic rings. The third kappa shape index (κ3) is 7.94. The number of aryl methyl sites for hydroxylation is 2. The van der Waals surface area contributed by atoms with Gasteiger partial charge in [0, 0.05) is 12.1 Å². The number of anilines is 1. The molecule has 11 heteroatoms. The molecule has 0 bridgehead atoms. The first kappa shape index (κ1) is 31.8. The van der Waals surface area contributed by atoms with Crippen LogP contribution in [-0.4, -0.2) is 64.9 Å². The van der Waals surface area contributed by atoms with Crippen molar-refractivity contribution in [2.24, 2.45) is 5.92 Å². The van der Waals surface area contributed by atoms with E-state index < -0.39 is 5.97 Å². The largest absolute Gasteiger partial charge is 0.493 e. The minimum absolute atomic E-state index is 0. The Bertz CT molecular complexity index is 1290. The molecular weight excluding hydrogens is 571 g/mol. The summed E-state index contributed by atoms with van der Waals surface area (Å²) < 4.78 is 6.26. The van der Waals surface area contributed by atoms with Crippen molar-refractivity contribution in [3.63, 3.8) is 0 Å². The highest BCUT2D eigenvalue weighted by Crippen LogP contribution is 2.35. The molecule has 0 unspecified atom stereocenters. The van der Waals surface area contributed by atoms with Crippen LogP contribution >= 0.6 is 35.3 Å². The summed E-state index contributed by atoms with van der Waals surface area (Å²) in [6.07, 6.45) is 3.64. The van der Waals surface area contributed by atoms with Crippen molar-refractivity contribution in [2.75, 3.05) is 37.7 Å². The van der Waals surface area contributed by atoms with Crippen LogP contribution in [0.2, 0.25) is 5.02 Å². The van der Waals surface area contributed by atoms with Gasteiger partial charge in [-0.3, -0.25) is 19.4 Å². The zero-order chi connectivity index (χ0) is 27.9. The number of nitrogens with zero attached hydrogens (tertiary/aromatic N) is 4. The van der Waals surface area contributed by atoms with Crippen molar-refractivity contribution in [1.29, 1.82) is 0 Å². The fourth-order valence-electron chi connectivity index (χ4n) is 4.83. The van der Waals surface area contributed by atoms with Gasteiger partial charge in [0.05, 0.1) is 23.7 Å². The number of aliphatic carboxylic acids is 1. The van der Waals surface area contributed by atoms with Crippen molar-refractivity contribution in [3.05, 3.63) is 58.1 Å². The number of benzene rings is 2.